The first-order chi connectivity index (χ1) is 14.1. The van der Waals surface area contributed by atoms with Crippen LogP contribution >= 0.6 is 0 Å². The molecule has 3 aromatic carbocycles. The summed E-state index contributed by atoms with van der Waals surface area (Å²) in [6.45, 7) is -0.510. The Kier molecular flexibility index (Phi) is 6.73. The SMILES string of the molecule is O=C(COC(=O)C(c1ccccc1)c1ccccc1)NNC(=O)c1ccccc1. The van der Waals surface area contributed by atoms with Crippen molar-refractivity contribution in [2.45, 2.75) is 5.92 Å². The molecule has 3 aromatic rings. The van der Waals surface area contributed by atoms with E-state index in [0.29, 0.717) is 5.56 Å². The molecule has 6 heteroatoms. The van der Waals surface area contributed by atoms with Crippen LogP contribution < -0.4 is 10.9 Å². The second-order valence-corrected chi connectivity index (χ2v) is 6.23. The molecule has 0 aliphatic carbocycles. The molecular weight excluding hydrogens is 368 g/mol. The molecule has 0 saturated heterocycles. The van der Waals surface area contributed by atoms with E-state index in [9.17, 15) is 14.4 Å². The predicted molar refractivity (Wildman–Crippen MR) is 108 cm³/mol. The lowest BCUT2D eigenvalue weighted by molar-refractivity contribution is -0.149. The summed E-state index contributed by atoms with van der Waals surface area (Å²) in [4.78, 5) is 36.6. The zero-order valence-electron chi connectivity index (χ0n) is 15.6. The number of hydrogen-bond donors (Lipinski definition) is 2. The zero-order valence-corrected chi connectivity index (χ0v) is 15.6. The Morgan fingerprint density at radius 2 is 1.17 bits per heavy atom. The number of amides is 2. The molecule has 0 fully saturated rings. The van der Waals surface area contributed by atoms with Crippen molar-refractivity contribution in [3.63, 3.8) is 0 Å². The highest BCUT2D eigenvalue weighted by Crippen LogP contribution is 2.25. The molecule has 0 aliphatic rings. The highest BCUT2D eigenvalue weighted by Gasteiger charge is 2.24. The smallest absolute Gasteiger partial charge is 0.318 e. The molecule has 3 rings (SSSR count). The van der Waals surface area contributed by atoms with Gasteiger partial charge in [0, 0.05) is 5.56 Å². The van der Waals surface area contributed by atoms with Crippen molar-refractivity contribution >= 4 is 17.8 Å². The van der Waals surface area contributed by atoms with Crippen molar-refractivity contribution in [3.05, 3.63) is 108 Å². The van der Waals surface area contributed by atoms with Gasteiger partial charge in [-0.15, -0.1) is 0 Å². The number of esters is 1. The van der Waals surface area contributed by atoms with E-state index >= 15 is 0 Å². The molecule has 0 radical (unpaired) electrons. The van der Waals surface area contributed by atoms with E-state index < -0.39 is 30.3 Å². The fourth-order valence-corrected chi connectivity index (χ4v) is 2.80. The minimum atomic E-state index is -0.649. The highest BCUT2D eigenvalue weighted by molar-refractivity contribution is 5.95. The average molecular weight is 388 g/mol. The fourth-order valence-electron chi connectivity index (χ4n) is 2.80. The molecule has 146 valence electrons. The van der Waals surface area contributed by atoms with Gasteiger partial charge in [0.2, 0.25) is 0 Å². The fraction of sp³-hybridized carbons (Fsp3) is 0.0870. The zero-order chi connectivity index (χ0) is 20.5. The summed E-state index contributed by atoms with van der Waals surface area (Å²) in [5.74, 6) is -2.30. The maximum absolute atomic E-state index is 12.7. The Bertz CT molecular complexity index is 920. The van der Waals surface area contributed by atoms with Gasteiger partial charge in [0.1, 0.15) is 5.92 Å². The van der Waals surface area contributed by atoms with Gasteiger partial charge >= 0.3 is 5.97 Å². The van der Waals surface area contributed by atoms with E-state index in [0.717, 1.165) is 11.1 Å². The summed E-state index contributed by atoms with van der Waals surface area (Å²) in [6, 6.07) is 26.8. The summed E-state index contributed by atoms with van der Waals surface area (Å²) in [5.41, 5.74) is 6.46. The van der Waals surface area contributed by atoms with Crippen LogP contribution in [0.5, 0.6) is 0 Å². The molecular formula is C23H20N2O4. The molecule has 29 heavy (non-hydrogen) atoms. The topological polar surface area (TPSA) is 84.5 Å². The molecule has 2 N–H and O–H groups in total. The third-order valence-electron chi connectivity index (χ3n) is 4.20. The lowest BCUT2D eigenvalue weighted by Gasteiger charge is -2.17. The molecule has 6 nitrogen and oxygen atoms in total. The van der Waals surface area contributed by atoms with Crippen LogP contribution in [0.25, 0.3) is 0 Å². The van der Waals surface area contributed by atoms with Gasteiger partial charge < -0.3 is 4.74 Å². The van der Waals surface area contributed by atoms with Gasteiger partial charge in [0.25, 0.3) is 11.8 Å². The van der Waals surface area contributed by atoms with Crippen LogP contribution in [0.3, 0.4) is 0 Å². The van der Waals surface area contributed by atoms with E-state index in [1.165, 1.54) is 0 Å². The van der Waals surface area contributed by atoms with Crippen molar-refractivity contribution < 1.29 is 19.1 Å². The Morgan fingerprint density at radius 1 is 0.690 bits per heavy atom. The van der Waals surface area contributed by atoms with Gasteiger partial charge in [-0.05, 0) is 23.3 Å². The van der Waals surface area contributed by atoms with Crippen molar-refractivity contribution in [2.24, 2.45) is 0 Å². The lowest BCUT2D eigenvalue weighted by Crippen LogP contribution is -2.43. The Morgan fingerprint density at radius 3 is 1.69 bits per heavy atom. The molecule has 0 aromatic heterocycles. The van der Waals surface area contributed by atoms with Gasteiger partial charge in [-0.2, -0.15) is 0 Å². The monoisotopic (exact) mass is 388 g/mol. The van der Waals surface area contributed by atoms with Gasteiger partial charge in [-0.25, -0.2) is 0 Å². The number of rotatable bonds is 6. The molecule has 0 aliphatic heterocycles. The van der Waals surface area contributed by atoms with E-state index in [1.54, 1.807) is 30.3 Å². The van der Waals surface area contributed by atoms with Gasteiger partial charge in [0.15, 0.2) is 6.61 Å². The van der Waals surface area contributed by atoms with E-state index in [2.05, 4.69) is 10.9 Å². The van der Waals surface area contributed by atoms with Gasteiger partial charge in [-0.1, -0.05) is 78.9 Å². The van der Waals surface area contributed by atoms with Crippen LogP contribution in [0.2, 0.25) is 0 Å². The summed E-state index contributed by atoms with van der Waals surface area (Å²) >= 11 is 0. The Labute approximate surface area is 168 Å². The number of carbonyl (C=O) groups excluding carboxylic acids is 3. The summed E-state index contributed by atoms with van der Waals surface area (Å²) < 4.78 is 5.21. The second-order valence-electron chi connectivity index (χ2n) is 6.23. The standard InChI is InChI=1S/C23H20N2O4/c26-20(24-25-22(27)19-14-8-3-9-15-19)16-29-23(28)21(17-10-4-1-5-11-17)18-12-6-2-7-13-18/h1-15,21H,16H2,(H,24,26)(H,25,27). The maximum atomic E-state index is 12.7. The molecule has 0 unspecified atom stereocenters. The second kappa shape index (κ2) is 9.85. The minimum absolute atomic E-state index is 0.401. The van der Waals surface area contributed by atoms with Crippen LogP contribution in [-0.2, 0) is 14.3 Å². The first-order valence-corrected chi connectivity index (χ1v) is 9.06. The number of carbonyl (C=O) groups is 3. The minimum Gasteiger partial charge on any atom is -0.455 e. The third-order valence-corrected chi connectivity index (χ3v) is 4.20. The van der Waals surface area contributed by atoms with Crippen molar-refractivity contribution in [2.75, 3.05) is 6.61 Å². The number of benzene rings is 3. The van der Waals surface area contributed by atoms with Crippen LogP contribution in [0.4, 0.5) is 0 Å². The summed E-state index contributed by atoms with van der Waals surface area (Å²) in [7, 11) is 0. The summed E-state index contributed by atoms with van der Waals surface area (Å²) in [6.07, 6.45) is 0. The van der Waals surface area contributed by atoms with E-state index in [1.807, 2.05) is 60.7 Å². The molecule has 0 heterocycles. The van der Waals surface area contributed by atoms with E-state index in [4.69, 9.17) is 4.74 Å². The third kappa shape index (κ3) is 5.52. The quantitative estimate of drug-likeness (QED) is 0.502. The van der Waals surface area contributed by atoms with Crippen LogP contribution in [-0.4, -0.2) is 24.4 Å². The summed E-state index contributed by atoms with van der Waals surface area (Å²) in [5, 5.41) is 0. The van der Waals surface area contributed by atoms with Crippen molar-refractivity contribution in [1.82, 2.24) is 10.9 Å². The molecule has 0 atom stereocenters. The largest absolute Gasteiger partial charge is 0.455 e. The normalized spacial score (nSPS) is 10.2. The van der Waals surface area contributed by atoms with Gasteiger partial charge in [-0.3, -0.25) is 25.2 Å². The van der Waals surface area contributed by atoms with Crippen LogP contribution in [0.1, 0.15) is 27.4 Å². The van der Waals surface area contributed by atoms with Crippen LogP contribution in [0.15, 0.2) is 91.0 Å². The number of hydrogen-bond acceptors (Lipinski definition) is 4. The first kappa shape index (κ1) is 19.8. The number of nitrogens with one attached hydrogen (secondary N) is 2. The number of ether oxygens (including phenoxy) is 1. The Hall–Kier alpha value is -3.93. The maximum Gasteiger partial charge on any atom is 0.318 e. The highest BCUT2D eigenvalue weighted by atomic mass is 16.5. The van der Waals surface area contributed by atoms with Gasteiger partial charge in [0.05, 0.1) is 0 Å². The average Bonchev–Trinajstić information content (AvgIpc) is 2.78. The van der Waals surface area contributed by atoms with Crippen molar-refractivity contribution in [1.29, 1.82) is 0 Å². The van der Waals surface area contributed by atoms with Crippen LogP contribution in [0, 0.1) is 0 Å². The lowest BCUT2D eigenvalue weighted by atomic mass is 9.91. The van der Waals surface area contributed by atoms with Crippen molar-refractivity contribution in [3.8, 4) is 0 Å². The predicted octanol–water partition coefficient (Wildman–Crippen LogP) is 2.82. The molecule has 0 spiro atoms. The number of hydrazine groups is 1. The van der Waals surface area contributed by atoms with E-state index in [-0.39, 0.29) is 0 Å². The Balaban J connectivity index is 1.59. The molecule has 0 saturated carbocycles. The molecule has 2 amide bonds. The first-order valence-electron chi connectivity index (χ1n) is 9.06. The molecule has 0 bridgehead atoms.